The molecule has 3 atom stereocenters. The molecule has 0 unspecified atom stereocenters. The largest absolute Gasteiger partial charge is 0.416 e. The van der Waals surface area contributed by atoms with Crippen molar-refractivity contribution in [1.82, 2.24) is 21.1 Å². The van der Waals surface area contributed by atoms with Gasteiger partial charge in [0.25, 0.3) is 0 Å². The number of benzene rings is 2. The summed E-state index contributed by atoms with van der Waals surface area (Å²) in [6, 6.07) is 12.3. The third-order valence-electron chi connectivity index (χ3n) is 7.30. The van der Waals surface area contributed by atoms with Crippen LogP contribution in [0.3, 0.4) is 0 Å². The number of rotatable bonds is 6. The summed E-state index contributed by atoms with van der Waals surface area (Å²) in [4.78, 5) is 13.9. The average molecular weight is 556 g/mol. The maximum atomic E-state index is 13.4. The first-order chi connectivity index (χ1) is 18.3. The number of carbonyl (C=O) groups is 1. The Hall–Kier alpha value is -3.34. The van der Waals surface area contributed by atoms with E-state index in [1.54, 1.807) is 18.2 Å². The summed E-state index contributed by atoms with van der Waals surface area (Å²) in [5.41, 5.74) is 0.853. The smallest absolute Gasteiger partial charge is 0.372 e. The predicted octanol–water partition coefficient (Wildman–Crippen LogP) is 4.87. The van der Waals surface area contributed by atoms with Crippen LogP contribution in [0.15, 0.2) is 48.5 Å². The minimum Gasteiger partial charge on any atom is -0.372 e. The Balaban J connectivity index is 1.60. The normalized spacial score (nSPS) is 25.1. The highest BCUT2D eigenvalue weighted by atomic mass is 19.4. The second kappa shape index (κ2) is 10.7. The van der Waals surface area contributed by atoms with Gasteiger partial charge in [-0.1, -0.05) is 30.3 Å². The molecule has 2 aromatic rings. The van der Waals surface area contributed by atoms with Crippen LogP contribution in [-0.2, 0) is 22.6 Å². The van der Waals surface area contributed by atoms with Crippen molar-refractivity contribution < 1.29 is 35.9 Å². The van der Waals surface area contributed by atoms with Gasteiger partial charge >= 0.3 is 18.4 Å². The van der Waals surface area contributed by atoms with Crippen LogP contribution in [-0.4, -0.2) is 42.7 Å². The molecular weight excluding hydrogens is 528 g/mol. The Morgan fingerprint density at radius 2 is 1.69 bits per heavy atom. The fourth-order valence-electron chi connectivity index (χ4n) is 4.97. The molecule has 0 spiro atoms. The molecule has 2 heterocycles. The molecule has 0 aromatic heterocycles. The molecule has 4 rings (SSSR count). The van der Waals surface area contributed by atoms with Crippen molar-refractivity contribution in [3.8, 4) is 6.07 Å². The van der Waals surface area contributed by atoms with Crippen LogP contribution < -0.4 is 16.2 Å². The summed E-state index contributed by atoms with van der Waals surface area (Å²) in [5, 5.41) is 13.4. The molecule has 7 nitrogen and oxygen atoms in total. The summed E-state index contributed by atoms with van der Waals surface area (Å²) in [6.07, 6.45) is -10.5. The maximum Gasteiger partial charge on any atom is 0.416 e. The predicted molar refractivity (Wildman–Crippen MR) is 128 cm³/mol. The molecule has 39 heavy (non-hydrogen) atoms. The Bertz CT molecular complexity index is 1190. The molecule has 2 aliphatic rings. The van der Waals surface area contributed by atoms with Crippen molar-refractivity contribution in [2.24, 2.45) is 0 Å². The lowest BCUT2D eigenvalue weighted by atomic mass is 9.76. The van der Waals surface area contributed by atoms with Crippen molar-refractivity contribution in [2.45, 2.75) is 49.3 Å². The van der Waals surface area contributed by atoms with Crippen LogP contribution in [0.4, 0.5) is 31.1 Å². The van der Waals surface area contributed by atoms with Crippen LogP contribution in [0.5, 0.6) is 0 Å². The first-order valence-electron chi connectivity index (χ1n) is 12.2. The molecule has 2 aromatic carbocycles. The van der Waals surface area contributed by atoms with Crippen LogP contribution >= 0.6 is 0 Å². The number of hydrogen-bond donors (Lipinski definition) is 3. The molecule has 2 saturated heterocycles. The quantitative estimate of drug-likeness (QED) is 0.443. The lowest BCUT2D eigenvalue weighted by Gasteiger charge is -2.49. The number of urea groups is 1. The van der Waals surface area contributed by atoms with Crippen molar-refractivity contribution >= 4 is 6.03 Å². The Morgan fingerprint density at radius 1 is 1.05 bits per heavy atom. The number of hydrogen-bond acceptors (Lipinski definition) is 5. The first kappa shape index (κ1) is 28.7. The molecule has 0 radical (unpaired) electrons. The molecule has 13 heteroatoms. The van der Waals surface area contributed by atoms with Crippen LogP contribution in [0.2, 0.25) is 0 Å². The van der Waals surface area contributed by atoms with Crippen LogP contribution in [0.25, 0.3) is 0 Å². The van der Waals surface area contributed by atoms with Gasteiger partial charge in [-0.05, 0) is 49.1 Å². The summed E-state index contributed by atoms with van der Waals surface area (Å²) in [7, 11) is 0. The number of nitrogens with one attached hydrogen (secondary N) is 3. The van der Waals surface area contributed by atoms with Gasteiger partial charge < -0.3 is 15.0 Å². The number of hydrazine groups is 1. The van der Waals surface area contributed by atoms with Crippen LogP contribution in [0, 0.1) is 11.3 Å². The molecule has 210 valence electrons. The minimum atomic E-state index is -4.97. The van der Waals surface area contributed by atoms with E-state index >= 15 is 0 Å². The number of halogens is 6. The third-order valence-corrected chi connectivity index (χ3v) is 7.30. The van der Waals surface area contributed by atoms with E-state index in [1.807, 2.05) is 12.1 Å². The van der Waals surface area contributed by atoms with Gasteiger partial charge in [0.15, 0.2) is 0 Å². The second-order valence-electron chi connectivity index (χ2n) is 9.75. The van der Waals surface area contributed by atoms with E-state index in [9.17, 15) is 36.4 Å². The molecule has 0 bridgehead atoms. The van der Waals surface area contributed by atoms with Crippen LogP contribution in [0.1, 0.15) is 48.1 Å². The number of nitriles is 1. The highest BCUT2D eigenvalue weighted by molar-refractivity contribution is 5.76. The van der Waals surface area contributed by atoms with Gasteiger partial charge in [-0.3, -0.25) is 5.43 Å². The molecule has 2 fully saturated rings. The van der Waals surface area contributed by atoms with Crippen molar-refractivity contribution in [3.63, 3.8) is 0 Å². The maximum absolute atomic E-state index is 13.4. The van der Waals surface area contributed by atoms with Gasteiger partial charge in [0.2, 0.25) is 0 Å². The Labute approximate surface area is 221 Å². The molecule has 2 aliphatic heterocycles. The van der Waals surface area contributed by atoms with E-state index in [2.05, 4.69) is 22.2 Å². The molecule has 0 saturated carbocycles. The van der Waals surface area contributed by atoms with E-state index in [0.29, 0.717) is 31.6 Å². The van der Waals surface area contributed by atoms with Gasteiger partial charge in [-0.15, -0.1) is 0 Å². The monoisotopic (exact) mass is 555 g/mol. The zero-order valence-corrected chi connectivity index (χ0v) is 20.9. The fraction of sp³-hybridized carbons (Fsp3) is 0.462. The van der Waals surface area contributed by atoms with Gasteiger partial charge in [-0.25, -0.2) is 10.2 Å². The van der Waals surface area contributed by atoms with Crippen molar-refractivity contribution in [3.05, 3.63) is 70.8 Å². The molecular formula is C26H27F6N5O2. The Morgan fingerprint density at radius 3 is 2.21 bits per heavy atom. The topological polar surface area (TPSA) is 89.4 Å². The lowest BCUT2D eigenvalue weighted by molar-refractivity contribution is -0.143. The van der Waals surface area contributed by atoms with Gasteiger partial charge in [0, 0.05) is 19.6 Å². The summed E-state index contributed by atoms with van der Waals surface area (Å²) in [5.74, 6) is 0. The number of piperidine rings is 1. The SMILES string of the molecule is C[C@@H](OC[C@@]1(c2ccccc2)CC[C@](C#N)(N2CCNNC2=O)CN1)c1cc(C(F)(F)F)cc(C(F)(F)F)c1. The van der Waals surface area contributed by atoms with Crippen molar-refractivity contribution in [2.75, 3.05) is 26.2 Å². The number of alkyl halides is 6. The van der Waals surface area contributed by atoms with E-state index in [4.69, 9.17) is 4.74 Å². The number of ether oxygens (including phenoxy) is 1. The van der Waals surface area contributed by atoms with Gasteiger partial charge in [0.1, 0.15) is 5.54 Å². The highest BCUT2D eigenvalue weighted by Crippen LogP contribution is 2.40. The summed E-state index contributed by atoms with van der Waals surface area (Å²) >= 11 is 0. The third kappa shape index (κ3) is 5.98. The zero-order valence-electron chi connectivity index (χ0n) is 20.9. The average Bonchev–Trinajstić information content (AvgIpc) is 2.91. The minimum absolute atomic E-state index is 0.0747. The van der Waals surface area contributed by atoms with E-state index in [1.165, 1.54) is 11.8 Å². The number of carbonyl (C=O) groups excluding carboxylic acids is 1. The standard InChI is InChI=1S/C26H27F6N5O2/c1-17(18-11-20(25(27,28)29)13-21(12-18)26(30,31)32)39-16-24(19-5-3-2-4-6-19)8-7-23(14-33,15-34-24)37-10-9-35-36-22(37)38/h2-6,11-13,17,34-35H,7-10,15-16H2,1H3,(H,36,38)/t17-,23-,24-/m1/s1. The second-order valence-corrected chi connectivity index (χ2v) is 9.75. The molecule has 2 amide bonds. The number of amides is 2. The summed E-state index contributed by atoms with van der Waals surface area (Å²) in [6.45, 7) is 2.11. The van der Waals surface area contributed by atoms with E-state index in [0.717, 1.165) is 5.56 Å². The molecule has 0 aliphatic carbocycles. The van der Waals surface area contributed by atoms with E-state index < -0.39 is 46.7 Å². The Kier molecular flexibility index (Phi) is 7.84. The van der Waals surface area contributed by atoms with E-state index in [-0.39, 0.29) is 31.2 Å². The fourth-order valence-corrected chi connectivity index (χ4v) is 4.97. The lowest BCUT2D eigenvalue weighted by Crippen LogP contribution is -2.69. The van der Waals surface area contributed by atoms with Gasteiger partial charge in [0.05, 0.1) is 35.4 Å². The first-order valence-corrected chi connectivity index (χ1v) is 12.2. The van der Waals surface area contributed by atoms with Gasteiger partial charge in [-0.2, -0.15) is 31.6 Å². The highest BCUT2D eigenvalue weighted by Gasteiger charge is 2.49. The zero-order chi connectivity index (χ0) is 28.5. The van der Waals surface area contributed by atoms with Crippen molar-refractivity contribution in [1.29, 1.82) is 5.26 Å². The number of nitrogens with zero attached hydrogens (tertiary/aromatic N) is 2. The molecule has 3 N–H and O–H groups in total. The summed E-state index contributed by atoms with van der Waals surface area (Å²) < 4.78 is 86.1.